The van der Waals surface area contributed by atoms with E-state index in [9.17, 15) is 8.78 Å². The lowest BCUT2D eigenvalue weighted by Crippen LogP contribution is -2.24. The van der Waals surface area contributed by atoms with Gasteiger partial charge in [0.2, 0.25) is 6.43 Å². The van der Waals surface area contributed by atoms with Gasteiger partial charge in [0, 0.05) is 5.41 Å². The number of hydrogen-bond acceptors (Lipinski definition) is 0. The molecule has 0 bridgehead atoms. The summed E-state index contributed by atoms with van der Waals surface area (Å²) in [4.78, 5) is 0. The Hall–Kier alpha value is -0.400. The van der Waals surface area contributed by atoms with Crippen molar-refractivity contribution < 1.29 is 8.78 Å². The molecule has 0 radical (unpaired) electrons. The average Bonchev–Trinajstić information content (AvgIpc) is 1.88. The summed E-state index contributed by atoms with van der Waals surface area (Å²) in [7, 11) is 0. The molecular formula is C9H16F2. The third-order valence-electron chi connectivity index (χ3n) is 1.96. The second-order valence-corrected chi connectivity index (χ2v) is 3.20. The van der Waals surface area contributed by atoms with Gasteiger partial charge in [-0.1, -0.05) is 26.3 Å². The molecule has 0 aromatic rings. The molecule has 1 atom stereocenters. The first-order valence-corrected chi connectivity index (χ1v) is 3.96. The molecule has 0 amide bonds. The van der Waals surface area contributed by atoms with Crippen molar-refractivity contribution >= 4 is 0 Å². The van der Waals surface area contributed by atoms with Gasteiger partial charge in [0.15, 0.2) is 0 Å². The lowest BCUT2D eigenvalue weighted by molar-refractivity contribution is 0.00259. The van der Waals surface area contributed by atoms with Crippen LogP contribution in [0.4, 0.5) is 8.78 Å². The van der Waals surface area contributed by atoms with Crippen molar-refractivity contribution in [3.8, 4) is 0 Å². The molecule has 0 spiro atoms. The quantitative estimate of drug-likeness (QED) is 0.541. The molecule has 0 aliphatic heterocycles. The molecule has 2 heteroatoms. The van der Waals surface area contributed by atoms with Gasteiger partial charge >= 0.3 is 0 Å². The van der Waals surface area contributed by atoms with E-state index < -0.39 is 11.8 Å². The molecule has 0 rings (SSSR count). The first-order valence-electron chi connectivity index (χ1n) is 3.96. The van der Waals surface area contributed by atoms with E-state index in [4.69, 9.17) is 0 Å². The molecule has 0 aliphatic carbocycles. The van der Waals surface area contributed by atoms with Crippen LogP contribution < -0.4 is 0 Å². The lowest BCUT2D eigenvalue weighted by Gasteiger charge is -2.26. The highest BCUT2D eigenvalue weighted by molar-refractivity contribution is 4.84. The zero-order valence-electron chi connectivity index (χ0n) is 7.24. The van der Waals surface area contributed by atoms with Gasteiger partial charge in [-0.3, -0.25) is 0 Å². The molecular weight excluding hydrogens is 146 g/mol. The van der Waals surface area contributed by atoms with Crippen molar-refractivity contribution in [2.75, 3.05) is 0 Å². The highest BCUT2D eigenvalue weighted by Crippen LogP contribution is 2.34. The Morgan fingerprint density at radius 2 is 2.09 bits per heavy atom. The van der Waals surface area contributed by atoms with Crippen LogP contribution in [0.3, 0.4) is 0 Å². The van der Waals surface area contributed by atoms with E-state index in [1.54, 1.807) is 13.0 Å². The van der Waals surface area contributed by atoms with Gasteiger partial charge in [0.1, 0.15) is 0 Å². The molecule has 1 unspecified atom stereocenters. The Morgan fingerprint density at radius 1 is 1.55 bits per heavy atom. The minimum atomic E-state index is -2.24. The molecule has 11 heavy (non-hydrogen) atoms. The monoisotopic (exact) mass is 162 g/mol. The fourth-order valence-corrected chi connectivity index (χ4v) is 1.20. The number of alkyl halides is 2. The Balaban J connectivity index is 4.12. The highest BCUT2D eigenvalue weighted by atomic mass is 19.3. The predicted molar refractivity (Wildman–Crippen MR) is 43.8 cm³/mol. The van der Waals surface area contributed by atoms with E-state index in [2.05, 4.69) is 6.58 Å². The van der Waals surface area contributed by atoms with Gasteiger partial charge in [-0.25, -0.2) is 8.78 Å². The third kappa shape index (κ3) is 3.00. The second-order valence-electron chi connectivity index (χ2n) is 3.20. The smallest absolute Gasteiger partial charge is 0.210 e. The minimum absolute atomic E-state index is 0.401. The van der Waals surface area contributed by atoms with Crippen LogP contribution >= 0.6 is 0 Å². The molecule has 0 aromatic heterocycles. The number of halogens is 2. The number of rotatable bonds is 5. The van der Waals surface area contributed by atoms with Crippen LogP contribution in [0.15, 0.2) is 12.7 Å². The van der Waals surface area contributed by atoms with E-state index in [0.29, 0.717) is 12.8 Å². The van der Waals surface area contributed by atoms with Crippen LogP contribution in [0, 0.1) is 5.41 Å². The van der Waals surface area contributed by atoms with E-state index in [0.717, 1.165) is 6.42 Å². The zero-order chi connectivity index (χ0) is 8.91. The Kier molecular flexibility index (Phi) is 4.31. The van der Waals surface area contributed by atoms with Crippen molar-refractivity contribution in [3.05, 3.63) is 12.7 Å². The summed E-state index contributed by atoms with van der Waals surface area (Å²) in [6.45, 7) is 7.01. The first-order chi connectivity index (χ1) is 5.06. The Labute approximate surface area is 67.3 Å². The van der Waals surface area contributed by atoms with Crippen molar-refractivity contribution in [2.45, 2.75) is 39.5 Å². The van der Waals surface area contributed by atoms with Gasteiger partial charge in [-0.2, -0.15) is 0 Å². The van der Waals surface area contributed by atoms with Gasteiger partial charge in [-0.15, -0.1) is 6.58 Å². The fraction of sp³-hybridized carbons (Fsp3) is 0.778. The zero-order valence-corrected chi connectivity index (χ0v) is 7.24. The molecule has 0 aromatic carbocycles. The van der Waals surface area contributed by atoms with E-state index in [1.165, 1.54) is 0 Å². The summed E-state index contributed by atoms with van der Waals surface area (Å²) >= 11 is 0. The maximum atomic E-state index is 12.4. The third-order valence-corrected chi connectivity index (χ3v) is 1.96. The van der Waals surface area contributed by atoms with E-state index in [1.807, 2.05) is 6.92 Å². The maximum Gasteiger partial charge on any atom is 0.244 e. The van der Waals surface area contributed by atoms with Crippen LogP contribution in [0.5, 0.6) is 0 Å². The summed E-state index contributed by atoms with van der Waals surface area (Å²) in [6.07, 6.45) is 1.10. The van der Waals surface area contributed by atoms with Crippen molar-refractivity contribution in [2.24, 2.45) is 5.41 Å². The normalized spacial score (nSPS) is 16.5. The van der Waals surface area contributed by atoms with E-state index in [-0.39, 0.29) is 0 Å². The first kappa shape index (κ1) is 10.6. The highest BCUT2D eigenvalue weighted by Gasteiger charge is 2.32. The van der Waals surface area contributed by atoms with Gasteiger partial charge in [-0.05, 0) is 12.8 Å². The fourth-order valence-electron chi connectivity index (χ4n) is 1.20. The summed E-state index contributed by atoms with van der Waals surface area (Å²) in [5, 5.41) is 0. The van der Waals surface area contributed by atoms with Crippen molar-refractivity contribution in [3.63, 3.8) is 0 Å². The molecule has 0 N–H and O–H groups in total. The topological polar surface area (TPSA) is 0 Å². The maximum absolute atomic E-state index is 12.4. The van der Waals surface area contributed by atoms with Gasteiger partial charge in [0.25, 0.3) is 0 Å². The predicted octanol–water partition coefficient (Wildman–Crippen LogP) is 3.63. The van der Waals surface area contributed by atoms with Gasteiger partial charge in [0.05, 0.1) is 0 Å². The van der Waals surface area contributed by atoms with Crippen molar-refractivity contribution in [1.29, 1.82) is 0 Å². The molecule has 66 valence electrons. The molecule has 0 nitrogen and oxygen atoms in total. The van der Waals surface area contributed by atoms with Crippen LogP contribution in [0.25, 0.3) is 0 Å². The molecule has 0 saturated heterocycles. The average molecular weight is 162 g/mol. The number of allylic oxidation sites excluding steroid dienone is 1. The molecule has 0 aliphatic rings. The van der Waals surface area contributed by atoms with Crippen LogP contribution in [0.2, 0.25) is 0 Å². The largest absolute Gasteiger partial charge is 0.244 e. The molecule has 0 saturated carbocycles. The summed E-state index contributed by atoms with van der Waals surface area (Å²) in [5.41, 5.74) is -0.851. The van der Waals surface area contributed by atoms with Gasteiger partial charge < -0.3 is 0 Å². The standard InChI is InChI=1S/C9H16F2/c1-4-6-9(3,7-5-2)8(10)11/h4,8H,1,5-7H2,2-3H3. The summed E-state index contributed by atoms with van der Waals surface area (Å²) < 4.78 is 24.8. The SMILES string of the molecule is C=CCC(C)(CCC)C(F)F. The summed E-state index contributed by atoms with van der Waals surface area (Å²) in [6, 6.07) is 0. The second kappa shape index (κ2) is 4.47. The summed E-state index contributed by atoms with van der Waals surface area (Å²) in [5.74, 6) is 0. The van der Waals surface area contributed by atoms with Crippen LogP contribution in [0.1, 0.15) is 33.1 Å². The van der Waals surface area contributed by atoms with E-state index >= 15 is 0 Å². The molecule has 0 fully saturated rings. The lowest BCUT2D eigenvalue weighted by atomic mass is 9.83. The van der Waals surface area contributed by atoms with Crippen molar-refractivity contribution in [1.82, 2.24) is 0 Å². The molecule has 0 heterocycles. The Morgan fingerprint density at radius 3 is 2.36 bits per heavy atom. The van der Waals surface area contributed by atoms with Crippen LogP contribution in [-0.2, 0) is 0 Å². The minimum Gasteiger partial charge on any atom is -0.210 e. The number of hydrogen-bond donors (Lipinski definition) is 0. The Bertz CT molecular complexity index is 121. The van der Waals surface area contributed by atoms with Crippen LogP contribution in [-0.4, -0.2) is 6.43 Å².